The number of ether oxygens (including phenoxy) is 1. The van der Waals surface area contributed by atoms with Gasteiger partial charge in [-0.15, -0.1) is 0 Å². The van der Waals surface area contributed by atoms with E-state index in [1.807, 2.05) is 0 Å². The van der Waals surface area contributed by atoms with Gasteiger partial charge in [-0.05, 0) is 26.7 Å². The summed E-state index contributed by atoms with van der Waals surface area (Å²) in [7, 11) is -2.22. The van der Waals surface area contributed by atoms with Gasteiger partial charge in [-0.25, -0.2) is 0 Å². The van der Waals surface area contributed by atoms with Gasteiger partial charge in [-0.1, -0.05) is 0 Å². The highest BCUT2D eigenvalue weighted by Gasteiger charge is 2.36. The van der Waals surface area contributed by atoms with Gasteiger partial charge in [-0.2, -0.15) is 17.0 Å². The number of nitrogens with zero attached hydrogens (tertiary/aromatic N) is 2. The van der Waals surface area contributed by atoms with E-state index in [9.17, 15) is 13.2 Å². The highest BCUT2D eigenvalue weighted by atomic mass is 32.2. The van der Waals surface area contributed by atoms with E-state index in [1.54, 1.807) is 13.8 Å². The summed E-state index contributed by atoms with van der Waals surface area (Å²) in [6, 6.07) is -0.497. The van der Waals surface area contributed by atoms with Crippen molar-refractivity contribution in [2.75, 3.05) is 33.4 Å². The van der Waals surface area contributed by atoms with Gasteiger partial charge < -0.3 is 9.84 Å². The molecule has 0 saturated carbocycles. The second-order valence-corrected chi connectivity index (χ2v) is 6.99. The van der Waals surface area contributed by atoms with Crippen LogP contribution in [0.2, 0.25) is 0 Å². The van der Waals surface area contributed by atoms with Crippen LogP contribution >= 0.6 is 0 Å². The second-order valence-electron chi connectivity index (χ2n) is 5.00. The summed E-state index contributed by atoms with van der Waals surface area (Å²) in [4.78, 5) is 11.7. The number of likely N-dealkylation sites (N-methyl/N-ethyl adjacent to an activating group) is 1. The molecular weight excluding hydrogens is 284 g/mol. The summed E-state index contributed by atoms with van der Waals surface area (Å²) >= 11 is 0. The monoisotopic (exact) mass is 308 g/mol. The summed E-state index contributed by atoms with van der Waals surface area (Å²) in [5.41, 5.74) is 0. The minimum absolute atomic E-state index is 0.143. The van der Waals surface area contributed by atoms with Crippen LogP contribution in [0.4, 0.5) is 0 Å². The summed E-state index contributed by atoms with van der Waals surface area (Å²) in [6.45, 7) is 3.94. The largest absolute Gasteiger partial charge is 0.466 e. The number of rotatable bonds is 6. The molecule has 0 spiro atoms. The molecule has 0 aromatic rings. The normalized spacial score (nSPS) is 22.8. The smallest absolute Gasteiger partial charge is 0.310 e. The zero-order valence-corrected chi connectivity index (χ0v) is 13.1. The number of piperidine rings is 1. The van der Waals surface area contributed by atoms with Crippen molar-refractivity contribution in [1.82, 2.24) is 8.61 Å². The lowest BCUT2D eigenvalue weighted by atomic mass is 10.0. The van der Waals surface area contributed by atoms with Crippen molar-refractivity contribution in [3.05, 3.63) is 0 Å². The fourth-order valence-electron chi connectivity index (χ4n) is 2.13. The maximum atomic E-state index is 12.4. The summed E-state index contributed by atoms with van der Waals surface area (Å²) in [5.74, 6) is -0.749. The van der Waals surface area contributed by atoms with Crippen LogP contribution in [0.15, 0.2) is 0 Å². The Hall–Kier alpha value is -0.700. The van der Waals surface area contributed by atoms with Crippen molar-refractivity contribution >= 4 is 16.2 Å². The van der Waals surface area contributed by atoms with E-state index in [1.165, 1.54) is 11.4 Å². The molecule has 1 heterocycles. The molecule has 1 rings (SSSR count). The first-order chi connectivity index (χ1) is 9.34. The molecule has 2 unspecified atom stereocenters. The number of carbonyl (C=O) groups is 1. The third kappa shape index (κ3) is 3.91. The van der Waals surface area contributed by atoms with Crippen LogP contribution in [-0.2, 0) is 19.7 Å². The number of aliphatic hydroxyl groups excluding tert-OH is 1. The summed E-state index contributed by atoms with van der Waals surface area (Å²) < 4.78 is 32.2. The molecule has 1 aliphatic rings. The Morgan fingerprint density at radius 3 is 2.75 bits per heavy atom. The summed E-state index contributed by atoms with van der Waals surface area (Å²) in [5, 5.41) is 9.08. The van der Waals surface area contributed by atoms with E-state index < -0.39 is 22.2 Å². The van der Waals surface area contributed by atoms with Gasteiger partial charge >= 0.3 is 5.97 Å². The zero-order chi connectivity index (χ0) is 15.3. The van der Waals surface area contributed by atoms with Crippen LogP contribution in [0.1, 0.15) is 26.7 Å². The van der Waals surface area contributed by atoms with Crippen molar-refractivity contribution in [3.63, 3.8) is 0 Å². The number of esters is 1. The SMILES string of the molecule is CCOC(=O)C1CCCN(S(=O)(=O)N(C)C(C)CO)C1. The van der Waals surface area contributed by atoms with Crippen LogP contribution in [-0.4, -0.2) is 67.5 Å². The van der Waals surface area contributed by atoms with Crippen molar-refractivity contribution in [1.29, 1.82) is 0 Å². The number of aliphatic hydroxyl groups is 1. The predicted molar refractivity (Wildman–Crippen MR) is 74.2 cm³/mol. The molecule has 1 N–H and O–H groups in total. The highest BCUT2D eigenvalue weighted by Crippen LogP contribution is 2.22. The molecule has 1 aliphatic heterocycles. The molecule has 0 aromatic carbocycles. The first-order valence-electron chi connectivity index (χ1n) is 6.85. The lowest BCUT2D eigenvalue weighted by molar-refractivity contribution is -0.149. The fraction of sp³-hybridized carbons (Fsp3) is 0.917. The van der Waals surface area contributed by atoms with Crippen molar-refractivity contribution in [2.45, 2.75) is 32.7 Å². The molecule has 0 bridgehead atoms. The third-order valence-electron chi connectivity index (χ3n) is 3.58. The molecule has 0 aliphatic carbocycles. The molecule has 2 atom stereocenters. The van der Waals surface area contributed by atoms with Gasteiger partial charge in [0, 0.05) is 26.2 Å². The van der Waals surface area contributed by atoms with Crippen molar-refractivity contribution in [2.24, 2.45) is 5.92 Å². The lowest BCUT2D eigenvalue weighted by Crippen LogP contribution is -2.51. The van der Waals surface area contributed by atoms with E-state index in [2.05, 4.69) is 0 Å². The minimum Gasteiger partial charge on any atom is -0.466 e. The Labute approximate surface area is 120 Å². The molecular formula is C12H24N2O5S. The first kappa shape index (κ1) is 17.4. The zero-order valence-electron chi connectivity index (χ0n) is 12.3. The Kier molecular flexibility index (Phi) is 6.38. The minimum atomic E-state index is -3.66. The lowest BCUT2D eigenvalue weighted by Gasteiger charge is -2.35. The second kappa shape index (κ2) is 7.35. The Balaban J connectivity index is 2.78. The Morgan fingerprint density at radius 1 is 1.55 bits per heavy atom. The van der Waals surface area contributed by atoms with E-state index in [0.29, 0.717) is 26.0 Å². The maximum absolute atomic E-state index is 12.4. The van der Waals surface area contributed by atoms with Crippen LogP contribution in [0.25, 0.3) is 0 Å². The van der Waals surface area contributed by atoms with Crippen molar-refractivity contribution < 1.29 is 23.1 Å². The van der Waals surface area contributed by atoms with Gasteiger partial charge in [-0.3, -0.25) is 4.79 Å². The topological polar surface area (TPSA) is 87.2 Å². The molecule has 7 nitrogen and oxygen atoms in total. The predicted octanol–water partition coefficient (Wildman–Crippen LogP) is -0.181. The number of carbonyl (C=O) groups excluding carboxylic acids is 1. The quantitative estimate of drug-likeness (QED) is 0.688. The molecule has 0 radical (unpaired) electrons. The standard InChI is InChI=1S/C12H24N2O5S/c1-4-19-12(16)11-6-5-7-14(8-11)20(17,18)13(3)10(2)9-15/h10-11,15H,4-9H2,1-3H3. The van der Waals surface area contributed by atoms with Crippen LogP contribution in [0.5, 0.6) is 0 Å². The van der Waals surface area contributed by atoms with E-state index >= 15 is 0 Å². The highest BCUT2D eigenvalue weighted by molar-refractivity contribution is 7.86. The maximum Gasteiger partial charge on any atom is 0.310 e. The average Bonchev–Trinajstić information content (AvgIpc) is 2.45. The number of hydrogen-bond donors (Lipinski definition) is 1. The molecule has 0 amide bonds. The number of hydrogen-bond acceptors (Lipinski definition) is 5. The van der Waals surface area contributed by atoms with E-state index in [0.717, 1.165) is 4.31 Å². The molecule has 1 saturated heterocycles. The summed E-state index contributed by atoms with van der Waals surface area (Å²) in [6.07, 6.45) is 1.27. The first-order valence-corrected chi connectivity index (χ1v) is 8.24. The molecule has 8 heteroatoms. The molecule has 118 valence electrons. The van der Waals surface area contributed by atoms with Crippen LogP contribution < -0.4 is 0 Å². The van der Waals surface area contributed by atoms with E-state index in [-0.39, 0.29) is 19.1 Å². The third-order valence-corrected chi connectivity index (χ3v) is 5.65. The van der Waals surface area contributed by atoms with Gasteiger partial charge in [0.2, 0.25) is 0 Å². The fourth-order valence-corrected chi connectivity index (χ4v) is 3.74. The van der Waals surface area contributed by atoms with Crippen LogP contribution in [0.3, 0.4) is 0 Å². The van der Waals surface area contributed by atoms with Gasteiger partial charge in [0.15, 0.2) is 0 Å². The Morgan fingerprint density at radius 2 is 2.20 bits per heavy atom. The average molecular weight is 308 g/mol. The van der Waals surface area contributed by atoms with Gasteiger partial charge in [0.05, 0.1) is 19.1 Å². The van der Waals surface area contributed by atoms with Gasteiger partial charge in [0.1, 0.15) is 0 Å². The molecule has 20 heavy (non-hydrogen) atoms. The Bertz CT molecular complexity index is 426. The van der Waals surface area contributed by atoms with Crippen LogP contribution in [0, 0.1) is 5.92 Å². The molecule has 0 aromatic heterocycles. The van der Waals surface area contributed by atoms with E-state index in [4.69, 9.17) is 9.84 Å². The molecule has 1 fully saturated rings. The van der Waals surface area contributed by atoms with Gasteiger partial charge in [0.25, 0.3) is 10.2 Å². The van der Waals surface area contributed by atoms with Crippen molar-refractivity contribution in [3.8, 4) is 0 Å².